The van der Waals surface area contributed by atoms with Gasteiger partial charge in [0.2, 0.25) is 5.91 Å². The summed E-state index contributed by atoms with van der Waals surface area (Å²) >= 11 is 0. The van der Waals surface area contributed by atoms with E-state index in [0.717, 1.165) is 32.1 Å². The molecule has 30 heavy (non-hydrogen) atoms. The summed E-state index contributed by atoms with van der Waals surface area (Å²) in [6, 6.07) is 0. The lowest BCUT2D eigenvalue weighted by Gasteiger charge is -2.15. The quantitative estimate of drug-likeness (QED) is 0.0934. The van der Waals surface area contributed by atoms with Crippen molar-refractivity contribution in [2.24, 2.45) is 0 Å². The van der Waals surface area contributed by atoms with Crippen molar-refractivity contribution in [1.29, 1.82) is 0 Å². The molecule has 0 aliphatic carbocycles. The van der Waals surface area contributed by atoms with Crippen molar-refractivity contribution in [2.45, 2.75) is 115 Å². The normalized spacial score (nSPS) is 14.2. The molecule has 0 aromatic carbocycles. The van der Waals surface area contributed by atoms with E-state index in [9.17, 15) is 18.9 Å². The van der Waals surface area contributed by atoms with Gasteiger partial charge in [0.15, 0.2) is 0 Å². The van der Waals surface area contributed by atoms with E-state index in [1.54, 1.807) is 0 Å². The van der Waals surface area contributed by atoms with Crippen LogP contribution in [0.15, 0.2) is 12.2 Å². The summed E-state index contributed by atoms with van der Waals surface area (Å²) in [5.74, 6) is -2.94. The molecule has 0 saturated heterocycles. The molecule has 0 bridgehead atoms. The van der Waals surface area contributed by atoms with Gasteiger partial charge in [0, 0.05) is 12.8 Å². The number of alkyl halides is 1. The van der Waals surface area contributed by atoms with Crippen molar-refractivity contribution >= 4 is 13.6 Å². The predicted molar refractivity (Wildman–Crippen MR) is 118 cm³/mol. The van der Waals surface area contributed by atoms with E-state index in [1.807, 2.05) is 0 Å². The number of allylic oxidation sites excluding steroid dienone is 2. The van der Waals surface area contributed by atoms with E-state index < -0.39 is 38.6 Å². The van der Waals surface area contributed by atoms with Gasteiger partial charge in [-0.1, -0.05) is 70.4 Å². The molecule has 3 N–H and O–H groups in total. The number of esters is 1. The second-order valence-corrected chi connectivity index (χ2v) is 9.67. The molecule has 0 aromatic heterocycles. The minimum Gasteiger partial charge on any atom is -0.463 e. The van der Waals surface area contributed by atoms with E-state index in [4.69, 9.17) is 14.5 Å². The molecule has 6 nitrogen and oxygen atoms in total. The molecule has 1 unspecified atom stereocenters. The molecule has 0 aromatic rings. The molecule has 0 amide bonds. The SMILES string of the molecule is CCCCCCCC/C=C\CCCCCCCC(=O)OC[C@H](O)CC(F)P(=O)(O)O. The Labute approximate surface area is 181 Å². The lowest BCUT2D eigenvalue weighted by molar-refractivity contribution is -0.147. The fourth-order valence-corrected chi connectivity index (χ4v) is 3.55. The molecule has 0 aliphatic heterocycles. The molecular weight excluding hydrogens is 410 g/mol. The van der Waals surface area contributed by atoms with Gasteiger partial charge in [-0.25, -0.2) is 4.39 Å². The highest BCUT2D eigenvalue weighted by molar-refractivity contribution is 7.52. The first-order valence-electron chi connectivity index (χ1n) is 11.4. The Hall–Kier alpha value is -0.750. The van der Waals surface area contributed by atoms with Gasteiger partial charge in [-0.05, 0) is 32.1 Å². The van der Waals surface area contributed by atoms with Crippen LogP contribution in [0.25, 0.3) is 0 Å². The molecular formula is C22H42FO6P. The molecule has 8 heteroatoms. The first kappa shape index (κ1) is 29.2. The highest BCUT2D eigenvalue weighted by Crippen LogP contribution is 2.44. The fraction of sp³-hybridized carbons (Fsp3) is 0.864. The highest BCUT2D eigenvalue weighted by atomic mass is 31.2. The highest BCUT2D eigenvalue weighted by Gasteiger charge is 2.31. The Morgan fingerprint density at radius 1 is 0.933 bits per heavy atom. The summed E-state index contributed by atoms with van der Waals surface area (Å²) in [5.41, 5.74) is 0. The van der Waals surface area contributed by atoms with Crippen LogP contribution in [0.2, 0.25) is 0 Å². The fourth-order valence-electron chi connectivity index (χ4n) is 3.03. The number of halogens is 1. The van der Waals surface area contributed by atoms with Gasteiger partial charge in [-0.2, -0.15) is 0 Å². The molecule has 0 fully saturated rings. The van der Waals surface area contributed by atoms with Crippen LogP contribution < -0.4 is 0 Å². The Morgan fingerprint density at radius 3 is 1.97 bits per heavy atom. The third-order valence-corrected chi connectivity index (χ3v) is 5.85. The number of ether oxygens (including phenoxy) is 1. The standard InChI is InChI=1S/C22H42FO6P/c1-2-3-4-5-6-7-8-9-10-11-12-13-14-15-16-17-22(25)29-19-20(24)18-21(23)30(26,27)28/h9-10,20-21,24H,2-8,11-19H2,1H3,(H2,26,27,28)/b10-9-/t20-,21?/m1/s1. The third kappa shape index (κ3) is 19.2. The number of rotatable bonds is 20. The molecule has 0 aliphatic rings. The molecule has 2 atom stereocenters. The van der Waals surface area contributed by atoms with Gasteiger partial charge in [-0.3, -0.25) is 9.36 Å². The minimum atomic E-state index is -4.88. The minimum absolute atomic E-state index is 0.225. The van der Waals surface area contributed by atoms with Crippen molar-refractivity contribution < 1.29 is 33.4 Å². The molecule has 0 rings (SSSR count). The van der Waals surface area contributed by atoms with Gasteiger partial charge >= 0.3 is 13.6 Å². The van der Waals surface area contributed by atoms with Gasteiger partial charge in [0.1, 0.15) is 6.61 Å². The monoisotopic (exact) mass is 452 g/mol. The Balaban J connectivity index is 3.46. The Kier molecular flexibility index (Phi) is 18.5. The van der Waals surface area contributed by atoms with Crippen LogP contribution in [0.1, 0.15) is 103 Å². The zero-order chi connectivity index (χ0) is 22.7. The van der Waals surface area contributed by atoms with Crippen molar-refractivity contribution in [3.05, 3.63) is 12.2 Å². The second-order valence-electron chi connectivity index (χ2n) is 7.93. The summed E-state index contributed by atoms with van der Waals surface area (Å²) in [6.45, 7) is 1.78. The number of aliphatic hydroxyl groups is 1. The zero-order valence-electron chi connectivity index (χ0n) is 18.5. The van der Waals surface area contributed by atoms with Crippen molar-refractivity contribution in [3.63, 3.8) is 0 Å². The lowest BCUT2D eigenvalue weighted by atomic mass is 10.1. The molecule has 0 heterocycles. The van der Waals surface area contributed by atoms with Crippen LogP contribution in [-0.2, 0) is 14.1 Å². The first-order valence-corrected chi connectivity index (χ1v) is 13.1. The van der Waals surface area contributed by atoms with Crippen LogP contribution in [0.5, 0.6) is 0 Å². The average molecular weight is 453 g/mol. The largest absolute Gasteiger partial charge is 0.463 e. The van der Waals surface area contributed by atoms with Crippen molar-refractivity contribution in [3.8, 4) is 0 Å². The zero-order valence-corrected chi connectivity index (χ0v) is 19.4. The topological polar surface area (TPSA) is 104 Å². The predicted octanol–water partition coefficient (Wildman–Crippen LogP) is 5.79. The number of hydrogen-bond acceptors (Lipinski definition) is 4. The molecule has 0 radical (unpaired) electrons. The number of carbonyl (C=O) groups is 1. The molecule has 0 saturated carbocycles. The Bertz CT molecular complexity index is 494. The average Bonchev–Trinajstić information content (AvgIpc) is 2.68. The van der Waals surface area contributed by atoms with Crippen LogP contribution in [0.4, 0.5) is 4.39 Å². The van der Waals surface area contributed by atoms with Crippen molar-refractivity contribution in [2.75, 3.05) is 6.61 Å². The number of hydrogen-bond donors (Lipinski definition) is 3. The van der Waals surface area contributed by atoms with Gasteiger partial charge in [0.05, 0.1) is 6.10 Å². The maximum Gasteiger partial charge on any atom is 0.359 e. The van der Waals surface area contributed by atoms with Crippen LogP contribution >= 0.6 is 7.60 Å². The maximum absolute atomic E-state index is 13.1. The van der Waals surface area contributed by atoms with Crippen molar-refractivity contribution in [1.82, 2.24) is 0 Å². The van der Waals surface area contributed by atoms with Gasteiger partial charge in [0.25, 0.3) is 0 Å². The summed E-state index contributed by atoms with van der Waals surface area (Å²) in [5, 5.41) is 9.47. The van der Waals surface area contributed by atoms with Gasteiger partial charge < -0.3 is 19.6 Å². The van der Waals surface area contributed by atoms with E-state index >= 15 is 0 Å². The number of carbonyl (C=O) groups excluding carboxylic acids is 1. The first-order chi connectivity index (χ1) is 14.3. The maximum atomic E-state index is 13.1. The lowest BCUT2D eigenvalue weighted by Crippen LogP contribution is -2.22. The van der Waals surface area contributed by atoms with E-state index in [2.05, 4.69) is 19.1 Å². The van der Waals surface area contributed by atoms with E-state index in [-0.39, 0.29) is 6.42 Å². The third-order valence-electron chi connectivity index (χ3n) is 4.91. The number of aliphatic hydroxyl groups excluding tert-OH is 1. The molecule has 178 valence electrons. The summed E-state index contributed by atoms with van der Waals surface area (Å²) in [4.78, 5) is 28.8. The Morgan fingerprint density at radius 2 is 1.43 bits per heavy atom. The smallest absolute Gasteiger partial charge is 0.359 e. The number of unbranched alkanes of at least 4 members (excludes halogenated alkanes) is 11. The molecule has 0 spiro atoms. The summed E-state index contributed by atoms with van der Waals surface area (Å²) in [6.07, 6.45) is 17.8. The van der Waals surface area contributed by atoms with Crippen LogP contribution in [-0.4, -0.2) is 39.5 Å². The summed E-state index contributed by atoms with van der Waals surface area (Å²) in [7, 11) is -4.88. The van der Waals surface area contributed by atoms with Crippen LogP contribution in [0.3, 0.4) is 0 Å². The summed E-state index contributed by atoms with van der Waals surface area (Å²) < 4.78 is 28.6. The van der Waals surface area contributed by atoms with Gasteiger partial charge in [-0.15, -0.1) is 0 Å². The second kappa shape index (κ2) is 19.0. The van der Waals surface area contributed by atoms with Crippen LogP contribution in [0, 0.1) is 0 Å². The van der Waals surface area contributed by atoms with E-state index in [0.29, 0.717) is 6.42 Å². The van der Waals surface area contributed by atoms with E-state index in [1.165, 1.54) is 44.9 Å².